The summed E-state index contributed by atoms with van der Waals surface area (Å²) < 4.78 is 40.6. The van der Waals surface area contributed by atoms with Crippen molar-refractivity contribution < 1.29 is 27.8 Å². The summed E-state index contributed by atoms with van der Waals surface area (Å²) in [6.45, 7) is 1.78. The number of guanidine groups is 1. The normalized spacial score (nSPS) is 15.7. The van der Waals surface area contributed by atoms with Crippen LogP contribution in [0.3, 0.4) is 0 Å². The van der Waals surface area contributed by atoms with E-state index in [-0.39, 0.29) is 25.0 Å². The van der Waals surface area contributed by atoms with E-state index < -0.39 is 6.61 Å². The maximum Gasteiger partial charge on any atom is 0.387 e. The zero-order chi connectivity index (χ0) is 20.6. The fourth-order valence-electron chi connectivity index (χ4n) is 3.21. The number of halogens is 2. The molecule has 0 unspecified atom stereocenters. The van der Waals surface area contributed by atoms with Gasteiger partial charge in [-0.2, -0.15) is 8.78 Å². The molecular weight excluding hydrogens is 386 g/mol. The summed E-state index contributed by atoms with van der Waals surface area (Å²) in [5.74, 6) is 1.43. The first kappa shape index (κ1) is 20.9. The molecule has 1 aromatic rings. The van der Waals surface area contributed by atoms with Crippen molar-refractivity contribution >= 4 is 11.9 Å². The highest BCUT2D eigenvalue weighted by molar-refractivity contribution is 5.81. The molecule has 0 radical (unpaired) electrons. The highest BCUT2D eigenvalue weighted by Crippen LogP contribution is 2.39. The number of carbonyl (C=O) groups excluding carboxylic acids is 1. The van der Waals surface area contributed by atoms with Crippen molar-refractivity contribution in [3.8, 4) is 17.2 Å². The van der Waals surface area contributed by atoms with Gasteiger partial charge in [0.2, 0.25) is 12.7 Å². The molecule has 0 spiro atoms. The number of nitrogens with zero attached hydrogens (tertiary/aromatic N) is 2. The molecule has 0 saturated carbocycles. The first-order valence-corrected chi connectivity index (χ1v) is 9.74. The molecule has 8 nitrogen and oxygen atoms in total. The molecule has 2 N–H and O–H groups in total. The highest BCUT2D eigenvalue weighted by Gasteiger charge is 2.20. The van der Waals surface area contributed by atoms with Crippen LogP contribution < -0.4 is 24.8 Å². The van der Waals surface area contributed by atoms with Gasteiger partial charge in [0.25, 0.3) is 0 Å². The Balaban J connectivity index is 1.62. The SMILES string of the molecule is CCNC(=NCc1cc2c(cc1OC(F)F)OCO2)NCCC(=O)N1CCCC1. The molecule has 0 aliphatic carbocycles. The van der Waals surface area contributed by atoms with Gasteiger partial charge in [0.1, 0.15) is 5.75 Å². The lowest BCUT2D eigenvalue weighted by Gasteiger charge is -2.16. The molecule has 1 amide bonds. The number of fused-ring (bicyclic) bond motifs is 1. The molecule has 2 aliphatic rings. The minimum Gasteiger partial charge on any atom is -0.454 e. The zero-order valence-corrected chi connectivity index (χ0v) is 16.4. The van der Waals surface area contributed by atoms with Gasteiger partial charge in [-0.25, -0.2) is 4.99 Å². The molecule has 2 heterocycles. The number of ether oxygens (including phenoxy) is 3. The van der Waals surface area contributed by atoms with Crippen LogP contribution in [-0.2, 0) is 11.3 Å². The lowest BCUT2D eigenvalue weighted by Crippen LogP contribution is -2.39. The van der Waals surface area contributed by atoms with Gasteiger partial charge in [-0.15, -0.1) is 0 Å². The maximum absolute atomic E-state index is 12.8. The molecule has 0 atom stereocenters. The van der Waals surface area contributed by atoms with E-state index in [1.54, 1.807) is 6.07 Å². The molecule has 1 saturated heterocycles. The van der Waals surface area contributed by atoms with Gasteiger partial charge >= 0.3 is 6.61 Å². The van der Waals surface area contributed by atoms with Crippen molar-refractivity contribution in [2.75, 3.05) is 33.0 Å². The topological polar surface area (TPSA) is 84.4 Å². The van der Waals surface area contributed by atoms with E-state index in [1.165, 1.54) is 6.07 Å². The number of nitrogens with one attached hydrogen (secondary N) is 2. The summed E-state index contributed by atoms with van der Waals surface area (Å²) >= 11 is 0. The van der Waals surface area contributed by atoms with E-state index in [1.807, 2.05) is 11.8 Å². The Morgan fingerprint density at radius 1 is 1.24 bits per heavy atom. The minimum atomic E-state index is -2.96. The molecule has 10 heteroatoms. The monoisotopic (exact) mass is 412 g/mol. The van der Waals surface area contributed by atoms with Crippen LogP contribution in [-0.4, -0.2) is 56.4 Å². The number of likely N-dealkylation sites (tertiary alicyclic amines) is 1. The summed E-state index contributed by atoms with van der Waals surface area (Å²) in [5.41, 5.74) is 0.444. The number of benzene rings is 1. The van der Waals surface area contributed by atoms with E-state index in [4.69, 9.17) is 9.47 Å². The van der Waals surface area contributed by atoms with E-state index >= 15 is 0 Å². The maximum atomic E-state index is 12.8. The fraction of sp³-hybridized carbons (Fsp3) is 0.579. The molecule has 1 fully saturated rings. The second-order valence-corrected chi connectivity index (χ2v) is 6.65. The number of alkyl halides is 2. The predicted molar refractivity (Wildman–Crippen MR) is 102 cm³/mol. The van der Waals surface area contributed by atoms with Crippen molar-refractivity contribution in [2.45, 2.75) is 39.3 Å². The molecule has 0 bridgehead atoms. The zero-order valence-electron chi connectivity index (χ0n) is 16.4. The van der Waals surface area contributed by atoms with Crippen LogP contribution in [0.2, 0.25) is 0 Å². The number of aliphatic imine (C=N–C) groups is 1. The minimum absolute atomic E-state index is 0.00643. The molecule has 29 heavy (non-hydrogen) atoms. The van der Waals surface area contributed by atoms with E-state index in [9.17, 15) is 13.6 Å². The van der Waals surface area contributed by atoms with Crippen LogP contribution in [0, 0.1) is 0 Å². The number of hydrogen-bond acceptors (Lipinski definition) is 5. The molecule has 160 valence electrons. The van der Waals surface area contributed by atoms with E-state index in [0.717, 1.165) is 25.9 Å². The van der Waals surface area contributed by atoms with Gasteiger partial charge in [0, 0.05) is 44.2 Å². The molecule has 3 rings (SSSR count). The standard InChI is InChI=1S/C19H26F2N4O4/c1-2-22-19(23-6-5-17(26)25-7-3-4-8-25)24-11-13-9-15-16(28-12-27-15)10-14(13)29-18(20)21/h9-10,18H,2-8,11-12H2,1H3,(H2,22,23,24). The first-order valence-electron chi connectivity index (χ1n) is 9.74. The fourth-order valence-corrected chi connectivity index (χ4v) is 3.21. The predicted octanol–water partition coefficient (Wildman–Crippen LogP) is 2.08. The Kier molecular flexibility index (Phi) is 7.31. The van der Waals surface area contributed by atoms with Crippen molar-refractivity contribution in [2.24, 2.45) is 4.99 Å². The summed E-state index contributed by atoms with van der Waals surface area (Å²) in [4.78, 5) is 18.4. The van der Waals surface area contributed by atoms with Crippen molar-refractivity contribution in [3.63, 3.8) is 0 Å². The second kappa shape index (κ2) is 10.1. The van der Waals surface area contributed by atoms with Gasteiger partial charge in [-0.3, -0.25) is 4.79 Å². The van der Waals surface area contributed by atoms with Gasteiger partial charge < -0.3 is 29.7 Å². The first-order chi connectivity index (χ1) is 14.1. The van der Waals surface area contributed by atoms with Crippen LogP contribution in [0.5, 0.6) is 17.2 Å². The average molecular weight is 412 g/mol. The van der Waals surface area contributed by atoms with Crippen LogP contribution in [0.25, 0.3) is 0 Å². The third-order valence-electron chi connectivity index (χ3n) is 4.61. The lowest BCUT2D eigenvalue weighted by molar-refractivity contribution is -0.129. The number of amides is 1. The van der Waals surface area contributed by atoms with Gasteiger partial charge in [-0.1, -0.05) is 0 Å². The quantitative estimate of drug-likeness (QED) is 0.503. The largest absolute Gasteiger partial charge is 0.454 e. The van der Waals surface area contributed by atoms with Crippen LogP contribution in [0.15, 0.2) is 17.1 Å². The molecular formula is C19H26F2N4O4. The number of rotatable bonds is 8. The average Bonchev–Trinajstić information content (AvgIpc) is 3.37. The Labute approximate surface area is 168 Å². The van der Waals surface area contributed by atoms with Crippen LogP contribution >= 0.6 is 0 Å². The summed E-state index contributed by atoms with van der Waals surface area (Å²) in [6.07, 6.45) is 2.48. The Morgan fingerprint density at radius 2 is 1.97 bits per heavy atom. The summed E-state index contributed by atoms with van der Waals surface area (Å²) in [6, 6.07) is 2.97. The lowest BCUT2D eigenvalue weighted by atomic mass is 10.1. The molecule has 1 aromatic carbocycles. The van der Waals surface area contributed by atoms with Crippen molar-refractivity contribution in [3.05, 3.63) is 17.7 Å². The summed E-state index contributed by atoms with van der Waals surface area (Å²) in [5, 5.41) is 6.18. The molecule has 2 aliphatic heterocycles. The van der Waals surface area contributed by atoms with Crippen molar-refractivity contribution in [1.82, 2.24) is 15.5 Å². The van der Waals surface area contributed by atoms with Gasteiger partial charge in [-0.05, 0) is 25.8 Å². The van der Waals surface area contributed by atoms with Crippen molar-refractivity contribution in [1.29, 1.82) is 0 Å². The Hall–Kier alpha value is -2.78. The smallest absolute Gasteiger partial charge is 0.387 e. The Bertz CT molecular complexity index is 739. The van der Waals surface area contributed by atoms with Crippen LogP contribution in [0.4, 0.5) is 8.78 Å². The van der Waals surface area contributed by atoms with E-state index in [2.05, 4.69) is 20.4 Å². The number of carbonyl (C=O) groups is 1. The van der Waals surface area contributed by atoms with Gasteiger partial charge in [0.05, 0.1) is 6.54 Å². The molecule has 0 aromatic heterocycles. The number of hydrogen-bond donors (Lipinski definition) is 2. The van der Waals surface area contributed by atoms with Crippen LogP contribution in [0.1, 0.15) is 31.7 Å². The third-order valence-corrected chi connectivity index (χ3v) is 4.61. The van der Waals surface area contributed by atoms with E-state index in [0.29, 0.717) is 42.5 Å². The summed E-state index contributed by atoms with van der Waals surface area (Å²) in [7, 11) is 0. The second-order valence-electron chi connectivity index (χ2n) is 6.65. The third kappa shape index (κ3) is 5.85. The van der Waals surface area contributed by atoms with Gasteiger partial charge in [0.15, 0.2) is 17.5 Å². The Morgan fingerprint density at radius 3 is 2.66 bits per heavy atom. The highest BCUT2D eigenvalue weighted by atomic mass is 19.3.